The van der Waals surface area contributed by atoms with E-state index in [1.807, 2.05) is 23.0 Å². The molecule has 2 aromatic rings. The Kier molecular flexibility index (Phi) is 4.52. The van der Waals surface area contributed by atoms with Crippen LogP contribution in [-0.2, 0) is 13.1 Å². The first kappa shape index (κ1) is 15.0. The van der Waals surface area contributed by atoms with E-state index in [0.717, 1.165) is 18.5 Å². The summed E-state index contributed by atoms with van der Waals surface area (Å²) in [6, 6.07) is 3.17. The van der Waals surface area contributed by atoms with Gasteiger partial charge in [-0.3, -0.25) is 10.1 Å². The van der Waals surface area contributed by atoms with Crippen molar-refractivity contribution in [3.8, 4) is 0 Å². The van der Waals surface area contributed by atoms with Crippen LogP contribution < -0.4 is 5.32 Å². The van der Waals surface area contributed by atoms with E-state index >= 15 is 0 Å². The fraction of sp³-hybridized carbons (Fsp3) is 0.286. The van der Waals surface area contributed by atoms with Gasteiger partial charge in [0.1, 0.15) is 11.5 Å². The van der Waals surface area contributed by atoms with Crippen molar-refractivity contribution >= 4 is 11.4 Å². The molecule has 2 rings (SSSR count). The minimum atomic E-state index is -0.977. The smallest absolute Gasteiger partial charge is 0.298 e. The van der Waals surface area contributed by atoms with Gasteiger partial charge in [0.05, 0.1) is 11.0 Å². The van der Waals surface area contributed by atoms with Gasteiger partial charge in [0.15, 0.2) is 5.82 Å². The molecule has 5 nitrogen and oxygen atoms in total. The fourth-order valence-corrected chi connectivity index (χ4v) is 2.06. The average Bonchev–Trinajstić information content (AvgIpc) is 2.85. The van der Waals surface area contributed by atoms with Crippen molar-refractivity contribution in [2.24, 2.45) is 0 Å². The van der Waals surface area contributed by atoms with Gasteiger partial charge in [0, 0.05) is 31.5 Å². The lowest BCUT2D eigenvalue weighted by Gasteiger charge is -2.07. The van der Waals surface area contributed by atoms with E-state index in [0.29, 0.717) is 12.1 Å². The van der Waals surface area contributed by atoms with Gasteiger partial charge in [0.2, 0.25) is 0 Å². The number of anilines is 1. The summed E-state index contributed by atoms with van der Waals surface area (Å²) < 4.78 is 28.7. The lowest BCUT2D eigenvalue weighted by Crippen LogP contribution is -2.05. The molecular formula is C14H15F2N3O2. The molecule has 1 aromatic carbocycles. The van der Waals surface area contributed by atoms with Crippen LogP contribution in [0, 0.1) is 21.7 Å². The molecule has 0 amide bonds. The van der Waals surface area contributed by atoms with Crippen molar-refractivity contribution in [3.63, 3.8) is 0 Å². The molecule has 0 aliphatic rings. The minimum absolute atomic E-state index is 0.222. The second-order valence-electron chi connectivity index (χ2n) is 4.65. The van der Waals surface area contributed by atoms with Crippen molar-refractivity contribution in [2.45, 2.75) is 26.4 Å². The summed E-state index contributed by atoms with van der Waals surface area (Å²) in [4.78, 5) is 10.0. The third-order valence-corrected chi connectivity index (χ3v) is 2.99. The number of halogens is 2. The molecule has 0 aliphatic carbocycles. The van der Waals surface area contributed by atoms with Crippen LogP contribution in [0.3, 0.4) is 0 Å². The fourth-order valence-electron chi connectivity index (χ4n) is 2.06. The zero-order valence-electron chi connectivity index (χ0n) is 11.5. The molecule has 0 saturated carbocycles. The van der Waals surface area contributed by atoms with Crippen molar-refractivity contribution in [3.05, 3.63) is 57.9 Å². The molecule has 21 heavy (non-hydrogen) atoms. The van der Waals surface area contributed by atoms with E-state index in [9.17, 15) is 18.9 Å². The maximum absolute atomic E-state index is 13.7. The molecular weight excluding hydrogens is 280 g/mol. The normalized spacial score (nSPS) is 10.6. The number of hydrogen-bond donors (Lipinski definition) is 1. The Hall–Kier alpha value is -2.44. The predicted octanol–water partition coefficient (Wildman–Crippen LogP) is 3.70. The first-order chi connectivity index (χ1) is 10.0. The van der Waals surface area contributed by atoms with Crippen LogP contribution in [0.2, 0.25) is 0 Å². The number of nitrogens with zero attached hydrogens (tertiary/aromatic N) is 2. The average molecular weight is 295 g/mol. The molecule has 0 bridgehead atoms. The summed E-state index contributed by atoms with van der Waals surface area (Å²) in [7, 11) is 0. The van der Waals surface area contributed by atoms with E-state index in [1.165, 1.54) is 0 Å². The van der Waals surface area contributed by atoms with Crippen LogP contribution in [0.5, 0.6) is 0 Å². The van der Waals surface area contributed by atoms with Crippen LogP contribution in [0.15, 0.2) is 30.6 Å². The largest absolute Gasteiger partial charge is 0.373 e. The Morgan fingerprint density at radius 3 is 2.81 bits per heavy atom. The van der Waals surface area contributed by atoms with Gasteiger partial charge in [-0.25, -0.2) is 8.78 Å². The highest BCUT2D eigenvalue weighted by atomic mass is 19.1. The van der Waals surface area contributed by atoms with Crippen LogP contribution >= 0.6 is 0 Å². The van der Waals surface area contributed by atoms with Gasteiger partial charge in [-0.1, -0.05) is 6.92 Å². The Morgan fingerprint density at radius 1 is 1.38 bits per heavy atom. The van der Waals surface area contributed by atoms with Crippen LogP contribution in [0.1, 0.15) is 18.9 Å². The minimum Gasteiger partial charge on any atom is -0.373 e. The highest BCUT2D eigenvalue weighted by Crippen LogP contribution is 2.29. The van der Waals surface area contributed by atoms with Crippen LogP contribution in [0.4, 0.5) is 20.2 Å². The standard InChI is InChI=1S/C14H15F2N3O2/c1-2-4-18-5-3-10(9-18)8-17-14-12(16)6-11(15)7-13(14)19(20)21/h3,5-7,9,17H,2,4,8H2,1H3. The SMILES string of the molecule is CCCn1ccc(CNc2c(F)cc(F)cc2[N+](=O)[O-])c1. The molecule has 0 unspecified atom stereocenters. The molecule has 0 fully saturated rings. The first-order valence-electron chi connectivity index (χ1n) is 6.53. The summed E-state index contributed by atoms with van der Waals surface area (Å²) in [5.74, 6) is -1.95. The van der Waals surface area contributed by atoms with Gasteiger partial charge >= 0.3 is 0 Å². The Balaban J connectivity index is 2.17. The molecule has 0 saturated heterocycles. The number of nitro groups is 1. The molecule has 0 atom stereocenters. The number of aromatic nitrogens is 1. The van der Waals surface area contributed by atoms with Crippen molar-refractivity contribution in [1.29, 1.82) is 0 Å². The zero-order valence-corrected chi connectivity index (χ0v) is 11.5. The highest BCUT2D eigenvalue weighted by molar-refractivity contribution is 5.62. The summed E-state index contributed by atoms with van der Waals surface area (Å²) in [6.45, 7) is 3.14. The number of aryl methyl sites for hydroxylation is 1. The van der Waals surface area contributed by atoms with E-state index in [4.69, 9.17) is 0 Å². The second kappa shape index (κ2) is 6.34. The third-order valence-electron chi connectivity index (χ3n) is 2.99. The third kappa shape index (κ3) is 3.56. The summed E-state index contributed by atoms with van der Waals surface area (Å²) in [5, 5.41) is 13.5. The topological polar surface area (TPSA) is 60.1 Å². The molecule has 0 spiro atoms. The van der Waals surface area contributed by atoms with Crippen LogP contribution in [0.25, 0.3) is 0 Å². The highest BCUT2D eigenvalue weighted by Gasteiger charge is 2.20. The number of nitro benzene ring substituents is 1. The van der Waals surface area contributed by atoms with Gasteiger partial charge in [0.25, 0.3) is 5.69 Å². The lowest BCUT2D eigenvalue weighted by atomic mass is 10.2. The quantitative estimate of drug-likeness (QED) is 0.653. The number of rotatable bonds is 6. The summed E-state index contributed by atoms with van der Waals surface area (Å²) >= 11 is 0. The van der Waals surface area contributed by atoms with Crippen LogP contribution in [-0.4, -0.2) is 9.49 Å². The lowest BCUT2D eigenvalue weighted by molar-refractivity contribution is -0.384. The molecule has 1 aromatic heterocycles. The molecule has 0 aliphatic heterocycles. The van der Waals surface area contributed by atoms with E-state index in [1.54, 1.807) is 0 Å². The van der Waals surface area contributed by atoms with Gasteiger partial charge in [-0.05, 0) is 18.1 Å². The number of nitrogens with one attached hydrogen (secondary N) is 1. The molecule has 112 valence electrons. The monoisotopic (exact) mass is 295 g/mol. The Bertz CT molecular complexity index is 656. The second-order valence-corrected chi connectivity index (χ2v) is 4.65. The van der Waals surface area contributed by atoms with Gasteiger partial charge in [-0.2, -0.15) is 0 Å². The van der Waals surface area contributed by atoms with Crippen molar-refractivity contribution in [1.82, 2.24) is 4.57 Å². The van der Waals surface area contributed by atoms with E-state index < -0.39 is 22.2 Å². The van der Waals surface area contributed by atoms with Crippen molar-refractivity contribution in [2.75, 3.05) is 5.32 Å². The predicted molar refractivity (Wildman–Crippen MR) is 75.1 cm³/mol. The Morgan fingerprint density at radius 2 is 2.14 bits per heavy atom. The van der Waals surface area contributed by atoms with Crippen molar-refractivity contribution < 1.29 is 13.7 Å². The number of benzene rings is 1. The molecule has 1 N–H and O–H groups in total. The van der Waals surface area contributed by atoms with Gasteiger partial charge < -0.3 is 9.88 Å². The maximum atomic E-state index is 13.7. The molecule has 1 heterocycles. The zero-order chi connectivity index (χ0) is 15.4. The van der Waals surface area contributed by atoms with E-state index in [2.05, 4.69) is 12.2 Å². The first-order valence-corrected chi connectivity index (χ1v) is 6.53. The van der Waals surface area contributed by atoms with Gasteiger partial charge in [-0.15, -0.1) is 0 Å². The number of hydrogen-bond acceptors (Lipinski definition) is 3. The van der Waals surface area contributed by atoms with E-state index in [-0.39, 0.29) is 12.2 Å². The Labute approximate surface area is 120 Å². The maximum Gasteiger partial charge on any atom is 0.298 e. The molecule has 0 radical (unpaired) electrons. The summed E-state index contributed by atoms with van der Waals surface area (Å²) in [5.41, 5.74) is -0.0494. The summed E-state index contributed by atoms with van der Waals surface area (Å²) in [6.07, 6.45) is 4.75. The molecule has 7 heteroatoms.